The molecule has 6 nitrogen and oxygen atoms in total. The van der Waals surface area contributed by atoms with E-state index in [2.05, 4.69) is 5.16 Å². The van der Waals surface area contributed by atoms with Gasteiger partial charge in [0, 0.05) is 29.5 Å². The number of furan rings is 1. The van der Waals surface area contributed by atoms with Crippen molar-refractivity contribution in [1.29, 1.82) is 0 Å². The molecule has 0 unspecified atom stereocenters. The van der Waals surface area contributed by atoms with Crippen LogP contribution in [0.2, 0.25) is 0 Å². The molecular formula is C28H27NO5. The zero-order valence-corrected chi connectivity index (χ0v) is 19.3. The lowest BCUT2D eigenvalue weighted by molar-refractivity contribution is -0.136. The predicted octanol–water partition coefficient (Wildman–Crippen LogP) is 6.69. The number of rotatable bonds is 10. The molecule has 1 N–H and O–H groups in total. The fraction of sp³-hybridized carbons (Fsp3) is 0.214. The molecule has 0 bridgehead atoms. The second-order valence-corrected chi connectivity index (χ2v) is 8.16. The maximum absolute atomic E-state index is 10.7. The molecule has 0 aliphatic rings. The zero-order chi connectivity index (χ0) is 23.9. The summed E-state index contributed by atoms with van der Waals surface area (Å²) in [6.45, 7) is 4.22. The number of aromatic nitrogens is 1. The van der Waals surface area contributed by atoms with Gasteiger partial charge in [0.15, 0.2) is 0 Å². The van der Waals surface area contributed by atoms with Crippen molar-refractivity contribution in [1.82, 2.24) is 5.16 Å². The molecule has 0 aliphatic carbocycles. The van der Waals surface area contributed by atoms with E-state index in [1.807, 2.05) is 80.6 Å². The summed E-state index contributed by atoms with van der Waals surface area (Å²) in [7, 11) is 0. The van der Waals surface area contributed by atoms with Crippen molar-refractivity contribution >= 4 is 5.97 Å². The van der Waals surface area contributed by atoms with Gasteiger partial charge in [0.1, 0.15) is 29.6 Å². The molecule has 0 radical (unpaired) electrons. The Morgan fingerprint density at radius 3 is 2.53 bits per heavy atom. The van der Waals surface area contributed by atoms with Crippen LogP contribution in [0.5, 0.6) is 5.75 Å². The molecule has 4 aromatic rings. The molecule has 2 heterocycles. The number of para-hydroxylation sites is 1. The van der Waals surface area contributed by atoms with Crippen molar-refractivity contribution in [3.8, 4) is 28.3 Å². The zero-order valence-electron chi connectivity index (χ0n) is 19.3. The van der Waals surface area contributed by atoms with Gasteiger partial charge in [0.2, 0.25) is 0 Å². The van der Waals surface area contributed by atoms with Gasteiger partial charge < -0.3 is 18.8 Å². The second kappa shape index (κ2) is 10.7. The molecule has 0 spiro atoms. The summed E-state index contributed by atoms with van der Waals surface area (Å²) in [6.07, 6.45) is 4.84. The van der Waals surface area contributed by atoms with Crippen LogP contribution < -0.4 is 4.74 Å². The maximum Gasteiger partial charge on any atom is 0.303 e. The lowest BCUT2D eigenvalue weighted by Crippen LogP contribution is -2.01. The molecule has 0 saturated heterocycles. The van der Waals surface area contributed by atoms with Gasteiger partial charge in [-0.15, -0.1) is 0 Å². The van der Waals surface area contributed by atoms with Gasteiger partial charge in [0.05, 0.1) is 6.26 Å². The standard InChI is InChI=1S/C28H27NO5/c1-19(9-14-27(30)31)15-17-33-26-7-4-3-6-23(26)18-24-20(2)34-29-28(24)22-12-10-21(11-13-22)25-8-5-16-32-25/h3-8,10-13,15-16H,9,14,17-18H2,1-2H3,(H,30,31)/b19-15+. The van der Waals surface area contributed by atoms with Crippen molar-refractivity contribution in [3.05, 3.63) is 95.5 Å². The molecular weight excluding hydrogens is 430 g/mol. The van der Waals surface area contributed by atoms with Crippen LogP contribution in [-0.2, 0) is 11.2 Å². The number of carboxylic acids is 1. The van der Waals surface area contributed by atoms with Crippen molar-refractivity contribution in [2.45, 2.75) is 33.1 Å². The Balaban J connectivity index is 1.50. The highest BCUT2D eigenvalue weighted by Crippen LogP contribution is 2.31. The maximum atomic E-state index is 10.7. The number of nitrogens with zero attached hydrogens (tertiary/aromatic N) is 1. The summed E-state index contributed by atoms with van der Waals surface area (Å²) in [5, 5.41) is 13.2. The number of ether oxygens (including phenoxy) is 1. The van der Waals surface area contributed by atoms with E-state index in [1.165, 1.54) is 0 Å². The minimum atomic E-state index is -0.797. The van der Waals surface area contributed by atoms with Crippen LogP contribution >= 0.6 is 0 Å². The van der Waals surface area contributed by atoms with Gasteiger partial charge in [-0.05, 0) is 50.1 Å². The number of hydrogen-bond donors (Lipinski definition) is 1. The van der Waals surface area contributed by atoms with Gasteiger partial charge in [0.25, 0.3) is 0 Å². The summed E-state index contributed by atoms with van der Waals surface area (Å²) in [5.74, 6) is 1.57. The SMILES string of the molecule is C/C(=C\COc1ccccc1Cc1c(-c2ccc(-c3ccco3)cc2)noc1C)CCC(=O)O. The monoisotopic (exact) mass is 457 g/mol. The van der Waals surface area contributed by atoms with E-state index < -0.39 is 5.97 Å². The Hall–Kier alpha value is -4.06. The van der Waals surface area contributed by atoms with Gasteiger partial charge in [-0.3, -0.25) is 4.79 Å². The average Bonchev–Trinajstić information content (AvgIpc) is 3.50. The van der Waals surface area contributed by atoms with Gasteiger partial charge >= 0.3 is 5.97 Å². The Morgan fingerprint density at radius 1 is 1.03 bits per heavy atom. The lowest BCUT2D eigenvalue weighted by atomic mass is 9.98. The number of benzene rings is 2. The summed E-state index contributed by atoms with van der Waals surface area (Å²) in [5.41, 5.74) is 5.81. The van der Waals surface area contributed by atoms with Crippen LogP contribution in [0.3, 0.4) is 0 Å². The Kier molecular flexibility index (Phi) is 7.28. The van der Waals surface area contributed by atoms with Crippen LogP contribution in [0.1, 0.15) is 36.7 Å². The summed E-state index contributed by atoms with van der Waals surface area (Å²) < 4.78 is 17.1. The first-order valence-electron chi connectivity index (χ1n) is 11.2. The predicted molar refractivity (Wildman–Crippen MR) is 130 cm³/mol. The number of carboxylic acid groups (broad SMARTS) is 1. The third-order valence-electron chi connectivity index (χ3n) is 5.69. The van der Waals surface area contributed by atoms with E-state index in [0.717, 1.165) is 50.8 Å². The molecule has 0 atom stereocenters. The lowest BCUT2D eigenvalue weighted by Gasteiger charge is -2.11. The highest BCUT2D eigenvalue weighted by molar-refractivity contribution is 5.69. The molecule has 6 heteroatoms. The van der Waals surface area contributed by atoms with Crippen molar-refractivity contribution in [2.24, 2.45) is 0 Å². The van der Waals surface area contributed by atoms with Crippen molar-refractivity contribution < 1.29 is 23.6 Å². The molecule has 34 heavy (non-hydrogen) atoms. The van der Waals surface area contributed by atoms with Crippen molar-refractivity contribution in [2.75, 3.05) is 6.61 Å². The molecule has 2 aromatic heterocycles. The average molecular weight is 458 g/mol. The van der Waals surface area contributed by atoms with E-state index in [4.69, 9.17) is 18.8 Å². The largest absolute Gasteiger partial charge is 0.489 e. The Morgan fingerprint density at radius 2 is 1.79 bits per heavy atom. The highest BCUT2D eigenvalue weighted by atomic mass is 16.5. The summed E-state index contributed by atoms with van der Waals surface area (Å²) in [4.78, 5) is 10.7. The Labute approximate surface area is 198 Å². The first kappa shape index (κ1) is 23.1. The second-order valence-electron chi connectivity index (χ2n) is 8.16. The molecule has 0 aliphatic heterocycles. The normalized spacial score (nSPS) is 11.5. The minimum absolute atomic E-state index is 0.122. The smallest absolute Gasteiger partial charge is 0.303 e. The van der Waals surface area contributed by atoms with Gasteiger partial charge in [-0.25, -0.2) is 0 Å². The van der Waals surface area contributed by atoms with Crippen LogP contribution in [0, 0.1) is 6.92 Å². The van der Waals surface area contributed by atoms with Crippen molar-refractivity contribution in [3.63, 3.8) is 0 Å². The van der Waals surface area contributed by atoms with Crippen LogP contribution in [0.4, 0.5) is 0 Å². The number of carbonyl (C=O) groups is 1. The van der Waals surface area contributed by atoms with Gasteiger partial charge in [-0.2, -0.15) is 0 Å². The fourth-order valence-corrected chi connectivity index (χ4v) is 3.72. The number of aliphatic carboxylic acids is 1. The van der Waals surface area contributed by atoms with Crippen LogP contribution in [0.25, 0.3) is 22.6 Å². The third-order valence-corrected chi connectivity index (χ3v) is 5.69. The molecule has 4 rings (SSSR count). The molecule has 2 aromatic carbocycles. The van der Waals surface area contributed by atoms with E-state index in [9.17, 15) is 4.79 Å². The van der Waals surface area contributed by atoms with Crippen LogP contribution in [-0.4, -0.2) is 22.8 Å². The molecule has 174 valence electrons. The molecule has 0 fully saturated rings. The quantitative estimate of drug-likeness (QED) is 0.267. The van der Waals surface area contributed by atoms with E-state index >= 15 is 0 Å². The minimum Gasteiger partial charge on any atom is -0.489 e. The van der Waals surface area contributed by atoms with E-state index in [1.54, 1.807) is 6.26 Å². The number of allylic oxidation sites excluding steroid dienone is 1. The number of hydrogen-bond acceptors (Lipinski definition) is 5. The van der Waals surface area contributed by atoms with Crippen LogP contribution in [0.15, 0.2) is 87.5 Å². The summed E-state index contributed by atoms with van der Waals surface area (Å²) in [6, 6.07) is 19.8. The highest BCUT2D eigenvalue weighted by Gasteiger charge is 2.17. The molecule has 0 amide bonds. The first-order chi connectivity index (χ1) is 16.5. The Bertz CT molecular complexity index is 1270. The summed E-state index contributed by atoms with van der Waals surface area (Å²) >= 11 is 0. The number of aryl methyl sites for hydroxylation is 1. The topological polar surface area (TPSA) is 85.7 Å². The first-order valence-corrected chi connectivity index (χ1v) is 11.2. The van der Waals surface area contributed by atoms with E-state index in [-0.39, 0.29) is 6.42 Å². The van der Waals surface area contributed by atoms with Gasteiger partial charge in [-0.1, -0.05) is 53.2 Å². The third kappa shape index (κ3) is 5.64. The van der Waals surface area contributed by atoms with E-state index in [0.29, 0.717) is 19.4 Å². The molecule has 0 saturated carbocycles. The fourth-order valence-electron chi connectivity index (χ4n) is 3.72.